The fraction of sp³-hybridized carbons (Fsp3) is 0.435. The largest absolute Gasteiger partial charge is 0.378 e. The molecule has 2 aliphatic rings. The number of anilines is 2. The Balaban J connectivity index is 1.36. The lowest BCUT2D eigenvalue weighted by molar-refractivity contribution is 0.0258. The molecule has 0 spiro atoms. The Morgan fingerprint density at radius 2 is 1.90 bits per heavy atom. The molecule has 0 bridgehead atoms. The lowest BCUT2D eigenvalue weighted by Gasteiger charge is -2.28. The number of benzene rings is 1. The van der Waals surface area contributed by atoms with Crippen molar-refractivity contribution in [1.82, 2.24) is 20.3 Å². The summed E-state index contributed by atoms with van der Waals surface area (Å²) in [5.74, 6) is 0.765. The van der Waals surface area contributed by atoms with E-state index in [-0.39, 0.29) is 6.10 Å². The molecule has 0 unspecified atom stereocenters. The number of ether oxygens (including phenoxy) is 2. The van der Waals surface area contributed by atoms with Crippen LogP contribution < -0.4 is 15.5 Å². The summed E-state index contributed by atoms with van der Waals surface area (Å²) in [5.41, 5.74) is 4.79. The summed E-state index contributed by atoms with van der Waals surface area (Å²) in [6.45, 7) is 6.78. The van der Waals surface area contributed by atoms with E-state index in [0.29, 0.717) is 0 Å². The van der Waals surface area contributed by atoms with Crippen LogP contribution >= 0.6 is 0 Å². The monoisotopic (exact) mass is 420 g/mol. The van der Waals surface area contributed by atoms with Crippen LogP contribution in [0.4, 0.5) is 11.5 Å². The van der Waals surface area contributed by atoms with Gasteiger partial charge in [-0.15, -0.1) is 0 Å². The van der Waals surface area contributed by atoms with Gasteiger partial charge in [-0.25, -0.2) is 9.97 Å². The van der Waals surface area contributed by atoms with Gasteiger partial charge in [-0.3, -0.25) is 4.98 Å². The van der Waals surface area contributed by atoms with Crippen molar-refractivity contribution in [3.05, 3.63) is 42.7 Å². The van der Waals surface area contributed by atoms with E-state index >= 15 is 0 Å². The van der Waals surface area contributed by atoms with Crippen molar-refractivity contribution in [2.24, 2.45) is 0 Å². The second-order valence-electron chi connectivity index (χ2n) is 7.84. The van der Waals surface area contributed by atoms with Crippen LogP contribution in [0.5, 0.6) is 0 Å². The number of aromatic nitrogens is 3. The van der Waals surface area contributed by atoms with Gasteiger partial charge in [0.25, 0.3) is 0 Å². The molecule has 2 aromatic heterocycles. The first kappa shape index (κ1) is 20.1. The first-order chi connectivity index (χ1) is 15.4. The molecule has 8 heteroatoms. The zero-order chi connectivity index (χ0) is 20.9. The number of hydrogen-bond donors (Lipinski definition) is 2. The summed E-state index contributed by atoms with van der Waals surface area (Å²) in [4.78, 5) is 16.3. The van der Waals surface area contributed by atoms with E-state index in [1.165, 1.54) is 5.69 Å². The van der Waals surface area contributed by atoms with Crippen molar-refractivity contribution >= 4 is 22.5 Å². The fourth-order valence-electron chi connectivity index (χ4n) is 4.06. The van der Waals surface area contributed by atoms with E-state index < -0.39 is 0 Å². The Morgan fingerprint density at radius 3 is 2.71 bits per heavy atom. The number of fused-ring (bicyclic) bond motifs is 1. The van der Waals surface area contributed by atoms with Crippen molar-refractivity contribution < 1.29 is 9.47 Å². The van der Waals surface area contributed by atoms with E-state index in [1.807, 2.05) is 6.07 Å². The maximum absolute atomic E-state index is 5.79. The lowest BCUT2D eigenvalue weighted by atomic mass is 10.1. The summed E-state index contributed by atoms with van der Waals surface area (Å²) in [6.07, 6.45) is 4.57. The molecule has 0 saturated carbocycles. The second-order valence-corrected chi connectivity index (χ2v) is 7.84. The van der Waals surface area contributed by atoms with Gasteiger partial charge in [-0.1, -0.05) is 12.1 Å². The minimum Gasteiger partial charge on any atom is -0.378 e. The maximum Gasteiger partial charge on any atom is 0.154 e. The van der Waals surface area contributed by atoms with Gasteiger partial charge in [0.2, 0.25) is 0 Å². The molecule has 0 amide bonds. The van der Waals surface area contributed by atoms with Gasteiger partial charge in [0.15, 0.2) is 5.82 Å². The van der Waals surface area contributed by atoms with Crippen LogP contribution in [0.15, 0.2) is 42.7 Å². The first-order valence-electron chi connectivity index (χ1n) is 11.0. The average molecular weight is 421 g/mol. The van der Waals surface area contributed by atoms with E-state index in [0.717, 1.165) is 87.1 Å². The van der Waals surface area contributed by atoms with Crippen LogP contribution in [0, 0.1) is 0 Å². The standard InChI is InChI=1S/C23H28N6O2/c1-3-18(29-10-13-30-14-11-29)4-2-17(1)20-15-21-22(26-8-7-25-21)23(28-20)27-6-5-19-16-24-9-12-31-19/h1-4,7-8,15,19,24H,5-6,9-14,16H2,(H,27,28)/t19-/m0/s1. The average Bonchev–Trinajstić information content (AvgIpc) is 2.85. The molecular formula is C23H28N6O2. The topological polar surface area (TPSA) is 84.4 Å². The molecular weight excluding hydrogens is 392 g/mol. The molecule has 31 heavy (non-hydrogen) atoms. The van der Waals surface area contributed by atoms with Gasteiger partial charge in [0, 0.05) is 56.4 Å². The molecule has 4 heterocycles. The Morgan fingerprint density at radius 1 is 1.06 bits per heavy atom. The SMILES string of the molecule is c1cnc2c(NCC[C@H]3CNCCO3)nc(-c3ccc(N4CCOCC4)cc3)cc2n1. The van der Waals surface area contributed by atoms with Gasteiger partial charge in [0.05, 0.1) is 37.1 Å². The highest BCUT2D eigenvalue weighted by Gasteiger charge is 2.15. The van der Waals surface area contributed by atoms with Crippen LogP contribution in [0.25, 0.3) is 22.3 Å². The van der Waals surface area contributed by atoms with E-state index in [9.17, 15) is 0 Å². The number of rotatable bonds is 6. The number of nitrogens with one attached hydrogen (secondary N) is 2. The third kappa shape index (κ3) is 4.76. The van der Waals surface area contributed by atoms with Gasteiger partial charge >= 0.3 is 0 Å². The van der Waals surface area contributed by atoms with Gasteiger partial charge in [0.1, 0.15) is 5.52 Å². The fourth-order valence-corrected chi connectivity index (χ4v) is 4.06. The predicted octanol–water partition coefficient (Wildman–Crippen LogP) is 2.32. The highest BCUT2D eigenvalue weighted by Crippen LogP contribution is 2.27. The lowest BCUT2D eigenvalue weighted by Crippen LogP contribution is -2.39. The molecule has 1 atom stereocenters. The normalized spacial score (nSPS) is 19.5. The van der Waals surface area contributed by atoms with Crippen molar-refractivity contribution in [2.75, 3.05) is 62.8 Å². The summed E-state index contributed by atoms with van der Waals surface area (Å²) in [7, 11) is 0. The molecule has 8 nitrogen and oxygen atoms in total. The van der Waals surface area contributed by atoms with Crippen LogP contribution in [-0.4, -0.2) is 73.6 Å². The highest BCUT2D eigenvalue weighted by atomic mass is 16.5. The van der Waals surface area contributed by atoms with Crippen LogP contribution in [0.3, 0.4) is 0 Å². The first-order valence-corrected chi connectivity index (χ1v) is 11.0. The highest BCUT2D eigenvalue weighted by molar-refractivity contribution is 5.88. The predicted molar refractivity (Wildman–Crippen MR) is 122 cm³/mol. The zero-order valence-electron chi connectivity index (χ0n) is 17.6. The Labute approximate surface area is 182 Å². The van der Waals surface area contributed by atoms with Crippen LogP contribution in [0.1, 0.15) is 6.42 Å². The molecule has 2 aliphatic heterocycles. The smallest absolute Gasteiger partial charge is 0.154 e. The number of morpholine rings is 2. The molecule has 162 valence electrons. The van der Waals surface area contributed by atoms with Crippen molar-refractivity contribution in [2.45, 2.75) is 12.5 Å². The number of pyridine rings is 1. The quantitative estimate of drug-likeness (QED) is 0.629. The summed E-state index contributed by atoms with van der Waals surface area (Å²) in [5, 5.41) is 6.84. The Hall–Kier alpha value is -2.81. The van der Waals surface area contributed by atoms with Crippen molar-refractivity contribution in [3.8, 4) is 11.3 Å². The second kappa shape index (κ2) is 9.55. The molecule has 0 radical (unpaired) electrons. The molecule has 2 saturated heterocycles. The molecule has 1 aromatic carbocycles. The third-order valence-electron chi connectivity index (χ3n) is 5.76. The van der Waals surface area contributed by atoms with E-state index in [2.05, 4.69) is 49.8 Å². The maximum atomic E-state index is 5.79. The van der Waals surface area contributed by atoms with Gasteiger partial charge in [-0.2, -0.15) is 0 Å². The van der Waals surface area contributed by atoms with Crippen molar-refractivity contribution in [3.63, 3.8) is 0 Å². The summed E-state index contributed by atoms with van der Waals surface area (Å²) >= 11 is 0. The molecule has 2 N–H and O–H groups in total. The molecule has 5 rings (SSSR count). The van der Waals surface area contributed by atoms with Crippen LogP contribution in [-0.2, 0) is 9.47 Å². The minimum absolute atomic E-state index is 0.231. The molecule has 3 aromatic rings. The van der Waals surface area contributed by atoms with Crippen molar-refractivity contribution in [1.29, 1.82) is 0 Å². The van der Waals surface area contributed by atoms with Gasteiger partial charge in [-0.05, 0) is 24.6 Å². The van der Waals surface area contributed by atoms with E-state index in [4.69, 9.17) is 14.5 Å². The van der Waals surface area contributed by atoms with Gasteiger partial charge < -0.3 is 25.0 Å². The molecule has 2 fully saturated rings. The third-order valence-corrected chi connectivity index (χ3v) is 5.76. The minimum atomic E-state index is 0.231. The van der Waals surface area contributed by atoms with E-state index in [1.54, 1.807) is 12.4 Å². The number of hydrogen-bond acceptors (Lipinski definition) is 8. The Kier molecular flexibility index (Phi) is 6.20. The molecule has 0 aliphatic carbocycles. The number of nitrogens with zero attached hydrogens (tertiary/aromatic N) is 4. The Bertz CT molecular complexity index is 1000. The summed E-state index contributed by atoms with van der Waals surface area (Å²) in [6, 6.07) is 10.6. The zero-order valence-corrected chi connectivity index (χ0v) is 17.6. The van der Waals surface area contributed by atoms with Crippen LogP contribution in [0.2, 0.25) is 0 Å². The summed E-state index contributed by atoms with van der Waals surface area (Å²) < 4.78 is 11.3.